The minimum Gasteiger partial charge on any atom is -0.457 e. The summed E-state index contributed by atoms with van der Waals surface area (Å²) in [6.07, 6.45) is -2.92. The Morgan fingerprint density at radius 1 is 1.06 bits per heavy atom. The van der Waals surface area contributed by atoms with E-state index in [9.17, 15) is 19.2 Å². The maximum atomic E-state index is 13.4. The van der Waals surface area contributed by atoms with Crippen molar-refractivity contribution in [3.63, 3.8) is 0 Å². The molecule has 10 heteroatoms. The van der Waals surface area contributed by atoms with E-state index < -0.39 is 35.7 Å². The van der Waals surface area contributed by atoms with Gasteiger partial charge < -0.3 is 28.7 Å². The zero-order valence-electron chi connectivity index (χ0n) is 20.3. The maximum absolute atomic E-state index is 13.4. The Kier molecular flexibility index (Phi) is 7.93. The van der Waals surface area contributed by atoms with Gasteiger partial charge in [-0.25, -0.2) is 4.79 Å². The molecule has 1 aromatic rings. The molecule has 0 spiro atoms. The minimum atomic E-state index is -1.55. The molecular formula is C24H32N2O8. The van der Waals surface area contributed by atoms with E-state index in [2.05, 4.69) is 0 Å². The van der Waals surface area contributed by atoms with Crippen LogP contribution in [-0.2, 0) is 33.3 Å². The summed E-state index contributed by atoms with van der Waals surface area (Å²) >= 11 is 0. The van der Waals surface area contributed by atoms with Gasteiger partial charge in [-0.1, -0.05) is 0 Å². The lowest BCUT2D eigenvalue weighted by molar-refractivity contribution is -0.188. The number of hydrogen-bond acceptors (Lipinski definition) is 8. The van der Waals surface area contributed by atoms with E-state index in [1.54, 1.807) is 43.9 Å². The van der Waals surface area contributed by atoms with Crippen LogP contribution in [0.4, 0.5) is 5.69 Å². The number of nitrogens with zero attached hydrogens (tertiary/aromatic N) is 2. The Balaban J connectivity index is 1.87. The van der Waals surface area contributed by atoms with Crippen molar-refractivity contribution in [3.8, 4) is 0 Å². The number of amides is 2. The largest absolute Gasteiger partial charge is 0.457 e. The number of aryl methyl sites for hydroxylation is 1. The maximum Gasteiger partial charge on any atom is 0.351 e. The van der Waals surface area contributed by atoms with Gasteiger partial charge in [-0.3, -0.25) is 14.4 Å². The second-order valence-corrected chi connectivity index (χ2v) is 9.31. The third-order valence-corrected chi connectivity index (χ3v) is 5.25. The molecule has 2 aliphatic rings. The fraction of sp³-hybridized carbons (Fsp3) is 0.583. The SMILES string of the molecule is CC(=O)O[C@@H](C(=O)OC(C)(C)C)[C@H]1OCCN(c2cc(C)cc(C(=O)N3CCOCC3)c2)C1=O. The topological polar surface area (TPSA) is 112 Å². The lowest BCUT2D eigenvalue weighted by atomic mass is 10.1. The molecule has 1 aromatic carbocycles. The average molecular weight is 477 g/mol. The number of carbonyl (C=O) groups excluding carboxylic acids is 4. The number of ether oxygens (including phenoxy) is 4. The first-order valence-corrected chi connectivity index (χ1v) is 11.3. The third-order valence-electron chi connectivity index (χ3n) is 5.25. The van der Waals surface area contributed by atoms with E-state index in [1.165, 1.54) is 4.90 Å². The Morgan fingerprint density at radius 2 is 1.74 bits per heavy atom. The van der Waals surface area contributed by atoms with Gasteiger partial charge in [0.15, 0.2) is 6.10 Å². The van der Waals surface area contributed by atoms with Crippen molar-refractivity contribution in [3.05, 3.63) is 29.3 Å². The van der Waals surface area contributed by atoms with Gasteiger partial charge in [0.25, 0.3) is 11.8 Å². The third kappa shape index (κ3) is 6.32. The van der Waals surface area contributed by atoms with Crippen molar-refractivity contribution >= 4 is 29.4 Å². The van der Waals surface area contributed by atoms with Gasteiger partial charge in [0.2, 0.25) is 6.10 Å². The highest BCUT2D eigenvalue weighted by atomic mass is 16.6. The minimum absolute atomic E-state index is 0.109. The van der Waals surface area contributed by atoms with Crippen molar-refractivity contribution in [2.45, 2.75) is 52.4 Å². The van der Waals surface area contributed by atoms with Gasteiger partial charge in [-0.15, -0.1) is 0 Å². The predicted octanol–water partition coefficient (Wildman–Crippen LogP) is 1.47. The second-order valence-electron chi connectivity index (χ2n) is 9.31. The second kappa shape index (κ2) is 10.5. The molecule has 0 N–H and O–H groups in total. The van der Waals surface area contributed by atoms with Crippen molar-refractivity contribution in [2.24, 2.45) is 0 Å². The van der Waals surface area contributed by atoms with E-state index in [-0.39, 0.29) is 19.1 Å². The highest BCUT2D eigenvalue weighted by Gasteiger charge is 2.44. The van der Waals surface area contributed by atoms with Crippen LogP contribution < -0.4 is 4.90 Å². The van der Waals surface area contributed by atoms with E-state index in [0.717, 1.165) is 12.5 Å². The first-order valence-electron chi connectivity index (χ1n) is 11.3. The van der Waals surface area contributed by atoms with Gasteiger partial charge in [-0.2, -0.15) is 0 Å². The normalized spacial score (nSPS) is 20.0. The summed E-state index contributed by atoms with van der Waals surface area (Å²) in [4.78, 5) is 54.0. The molecule has 2 fully saturated rings. The van der Waals surface area contributed by atoms with Crippen LogP contribution in [-0.4, -0.2) is 85.9 Å². The highest BCUT2D eigenvalue weighted by Crippen LogP contribution is 2.26. The number of morpholine rings is 2. The molecule has 0 aliphatic carbocycles. The zero-order chi connectivity index (χ0) is 25.0. The van der Waals surface area contributed by atoms with Gasteiger partial charge in [0, 0.05) is 37.8 Å². The number of benzene rings is 1. The Hall–Kier alpha value is -2.98. The van der Waals surface area contributed by atoms with Crippen LogP contribution >= 0.6 is 0 Å². The van der Waals surface area contributed by atoms with Gasteiger partial charge in [0.1, 0.15) is 5.60 Å². The van der Waals surface area contributed by atoms with Gasteiger partial charge in [0.05, 0.1) is 19.8 Å². The molecule has 2 heterocycles. The van der Waals surface area contributed by atoms with Crippen LogP contribution in [0.25, 0.3) is 0 Å². The smallest absolute Gasteiger partial charge is 0.351 e. The summed E-state index contributed by atoms with van der Waals surface area (Å²) < 4.78 is 21.4. The molecule has 0 radical (unpaired) electrons. The van der Waals surface area contributed by atoms with Crippen LogP contribution in [0.15, 0.2) is 18.2 Å². The molecule has 3 rings (SSSR count). The standard InChI is InChI=1S/C24H32N2O8/c1-15-12-17(21(28)25-6-9-31-10-7-25)14-18(13-15)26-8-11-32-19(22(26)29)20(33-16(2)27)23(30)34-24(3,4)5/h12-14,19-20H,6-11H2,1-5H3/t19-,20-/m1/s1. The molecule has 0 bridgehead atoms. The fourth-order valence-corrected chi connectivity index (χ4v) is 3.84. The summed E-state index contributed by atoms with van der Waals surface area (Å²) in [7, 11) is 0. The number of rotatable bonds is 5. The molecule has 10 nitrogen and oxygen atoms in total. The molecule has 2 amide bonds. The Bertz CT molecular complexity index is 949. The van der Waals surface area contributed by atoms with Crippen LogP contribution in [0.3, 0.4) is 0 Å². The molecule has 2 aliphatic heterocycles. The Labute approximate surface area is 199 Å². The molecular weight excluding hydrogens is 444 g/mol. The number of esters is 2. The van der Waals surface area contributed by atoms with Gasteiger partial charge >= 0.3 is 11.9 Å². The summed E-state index contributed by atoms with van der Waals surface area (Å²) in [6, 6.07) is 5.20. The summed E-state index contributed by atoms with van der Waals surface area (Å²) in [6.45, 7) is 10.3. The van der Waals surface area contributed by atoms with Crippen LogP contribution in [0.5, 0.6) is 0 Å². The fourth-order valence-electron chi connectivity index (χ4n) is 3.84. The summed E-state index contributed by atoms with van der Waals surface area (Å²) in [5.74, 6) is -2.30. The highest BCUT2D eigenvalue weighted by molar-refractivity contribution is 6.02. The van der Waals surface area contributed by atoms with E-state index >= 15 is 0 Å². The number of carbonyl (C=O) groups is 4. The van der Waals surface area contributed by atoms with Crippen molar-refractivity contribution in [2.75, 3.05) is 44.4 Å². The van der Waals surface area contributed by atoms with E-state index in [1.807, 2.05) is 6.92 Å². The van der Waals surface area contributed by atoms with E-state index in [4.69, 9.17) is 18.9 Å². The lowest BCUT2D eigenvalue weighted by Crippen LogP contribution is -2.56. The number of anilines is 1. The molecule has 2 atom stereocenters. The van der Waals surface area contributed by atoms with Crippen molar-refractivity contribution in [1.29, 1.82) is 0 Å². The summed E-state index contributed by atoms with van der Waals surface area (Å²) in [5.41, 5.74) is 0.906. The quantitative estimate of drug-likeness (QED) is 0.588. The molecule has 0 saturated carbocycles. The molecule has 0 unspecified atom stereocenters. The van der Waals surface area contributed by atoms with Crippen molar-refractivity contribution in [1.82, 2.24) is 4.90 Å². The van der Waals surface area contributed by atoms with Crippen LogP contribution in [0, 0.1) is 6.92 Å². The monoisotopic (exact) mass is 476 g/mol. The molecule has 0 aromatic heterocycles. The van der Waals surface area contributed by atoms with Crippen LogP contribution in [0.1, 0.15) is 43.6 Å². The zero-order valence-corrected chi connectivity index (χ0v) is 20.3. The molecule has 2 saturated heterocycles. The first kappa shape index (κ1) is 25.6. The lowest BCUT2D eigenvalue weighted by Gasteiger charge is -2.36. The average Bonchev–Trinajstić information content (AvgIpc) is 2.76. The van der Waals surface area contributed by atoms with Crippen LogP contribution in [0.2, 0.25) is 0 Å². The van der Waals surface area contributed by atoms with Crippen molar-refractivity contribution < 1.29 is 38.1 Å². The first-order chi connectivity index (χ1) is 16.0. The Morgan fingerprint density at radius 3 is 2.35 bits per heavy atom. The number of hydrogen-bond donors (Lipinski definition) is 0. The van der Waals surface area contributed by atoms with E-state index in [0.29, 0.717) is 37.6 Å². The van der Waals surface area contributed by atoms with Gasteiger partial charge in [-0.05, 0) is 51.5 Å². The summed E-state index contributed by atoms with van der Waals surface area (Å²) in [5, 5.41) is 0. The molecule has 34 heavy (non-hydrogen) atoms. The predicted molar refractivity (Wildman–Crippen MR) is 121 cm³/mol. The molecule has 186 valence electrons.